The Labute approximate surface area is 154 Å². The van der Waals surface area contributed by atoms with Crippen LogP contribution in [0.4, 0.5) is 10.1 Å². The molecule has 0 bridgehead atoms. The van der Waals surface area contributed by atoms with E-state index in [2.05, 4.69) is 11.0 Å². The van der Waals surface area contributed by atoms with E-state index in [0.717, 1.165) is 43.1 Å². The molecule has 2 N–H and O–H groups in total. The number of quaternary nitrogens is 1. The average molecular weight is 359 g/mol. The van der Waals surface area contributed by atoms with Crippen molar-refractivity contribution in [2.24, 2.45) is 0 Å². The number of aryl methyl sites for hydroxylation is 2. The van der Waals surface area contributed by atoms with Gasteiger partial charge in [-0.05, 0) is 43.2 Å². The predicted octanol–water partition coefficient (Wildman–Crippen LogP) is 1.59. The van der Waals surface area contributed by atoms with Gasteiger partial charge in [-0.3, -0.25) is 0 Å². The van der Waals surface area contributed by atoms with Crippen LogP contribution in [0.2, 0.25) is 0 Å². The van der Waals surface area contributed by atoms with Crippen molar-refractivity contribution >= 4 is 5.69 Å². The Balaban J connectivity index is 1.45. The molecule has 1 heterocycles. The van der Waals surface area contributed by atoms with Crippen LogP contribution >= 0.6 is 0 Å². The highest BCUT2D eigenvalue weighted by molar-refractivity contribution is 5.47. The molecule has 1 aliphatic rings. The summed E-state index contributed by atoms with van der Waals surface area (Å²) in [6.45, 7) is 8.34. The minimum absolute atomic E-state index is 0.169. The smallest absolute Gasteiger partial charge is 0.146 e. The highest BCUT2D eigenvalue weighted by atomic mass is 19.1. The molecule has 1 atom stereocenters. The average Bonchev–Trinajstić information content (AvgIpc) is 2.64. The highest BCUT2D eigenvalue weighted by Gasteiger charge is 2.24. The number of nitrogens with one attached hydrogen (secondary N) is 1. The van der Waals surface area contributed by atoms with Gasteiger partial charge in [-0.15, -0.1) is 0 Å². The molecule has 1 fully saturated rings. The van der Waals surface area contributed by atoms with Crippen molar-refractivity contribution in [2.45, 2.75) is 20.0 Å². The van der Waals surface area contributed by atoms with Crippen LogP contribution in [0.1, 0.15) is 11.1 Å². The molecule has 0 saturated carbocycles. The van der Waals surface area contributed by atoms with E-state index in [0.29, 0.717) is 18.8 Å². The molecule has 2 aromatic carbocycles. The maximum atomic E-state index is 13.9. The summed E-state index contributed by atoms with van der Waals surface area (Å²) in [6, 6.07) is 13.0. The lowest BCUT2D eigenvalue weighted by Crippen LogP contribution is -3.16. The fourth-order valence-corrected chi connectivity index (χ4v) is 3.42. The lowest BCUT2D eigenvalue weighted by molar-refractivity contribution is -0.903. The molecule has 2 aromatic rings. The van der Waals surface area contributed by atoms with Gasteiger partial charge in [0.05, 0.1) is 31.9 Å². The second-order valence-corrected chi connectivity index (χ2v) is 7.13. The lowest BCUT2D eigenvalue weighted by Gasteiger charge is -2.34. The van der Waals surface area contributed by atoms with Crippen LogP contribution in [0.5, 0.6) is 5.75 Å². The summed E-state index contributed by atoms with van der Waals surface area (Å²) in [5, 5.41) is 10.3. The SMILES string of the molecule is Cc1ccc(C)c(OC[C@H](O)C[NH+]2CCN(c3ccccc3F)CC2)c1. The third-order valence-electron chi connectivity index (χ3n) is 4.96. The van der Waals surface area contributed by atoms with Crippen molar-refractivity contribution in [3.8, 4) is 5.75 Å². The van der Waals surface area contributed by atoms with Gasteiger partial charge in [0, 0.05) is 0 Å². The van der Waals surface area contributed by atoms with Gasteiger partial charge in [-0.25, -0.2) is 4.39 Å². The molecule has 4 nitrogen and oxygen atoms in total. The van der Waals surface area contributed by atoms with Crippen LogP contribution in [0, 0.1) is 19.7 Å². The summed E-state index contributed by atoms with van der Waals surface area (Å²) in [7, 11) is 0. The van der Waals surface area contributed by atoms with E-state index in [1.54, 1.807) is 6.07 Å². The molecule has 1 saturated heterocycles. The quantitative estimate of drug-likeness (QED) is 0.823. The van der Waals surface area contributed by atoms with Crippen molar-refractivity contribution in [1.82, 2.24) is 0 Å². The van der Waals surface area contributed by atoms with Crippen LogP contribution in [0.15, 0.2) is 42.5 Å². The number of nitrogens with zero attached hydrogens (tertiary/aromatic N) is 1. The van der Waals surface area contributed by atoms with E-state index in [1.807, 2.05) is 38.1 Å². The van der Waals surface area contributed by atoms with Gasteiger partial charge in [-0.2, -0.15) is 0 Å². The fraction of sp³-hybridized carbons (Fsp3) is 0.429. The van der Waals surface area contributed by atoms with Gasteiger partial charge in [0.1, 0.15) is 30.8 Å². The number of benzene rings is 2. The Kier molecular flexibility index (Phi) is 6.12. The van der Waals surface area contributed by atoms with Crippen molar-refractivity contribution in [3.63, 3.8) is 0 Å². The molecule has 140 valence electrons. The summed E-state index contributed by atoms with van der Waals surface area (Å²) in [5.41, 5.74) is 2.90. The number of hydrogen-bond donors (Lipinski definition) is 2. The van der Waals surface area contributed by atoms with Gasteiger partial charge < -0.3 is 19.6 Å². The lowest BCUT2D eigenvalue weighted by atomic mass is 10.1. The molecule has 0 amide bonds. The van der Waals surface area contributed by atoms with Crippen LogP contribution in [0.3, 0.4) is 0 Å². The summed E-state index contributed by atoms with van der Waals surface area (Å²) in [4.78, 5) is 3.41. The first-order valence-corrected chi connectivity index (χ1v) is 9.24. The maximum absolute atomic E-state index is 13.9. The third kappa shape index (κ3) is 4.74. The number of anilines is 1. The summed E-state index contributed by atoms with van der Waals surface area (Å²) in [6.07, 6.45) is -0.509. The number of rotatable bonds is 6. The number of aliphatic hydroxyl groups excluding tert-OH is 1. The Bertz CT molecular complexity index is 730. The largest absolute Gasteiger partial charge is 0.490 e. The summed E-state index contributed by atoms with van der Waals surface area (Å²) < 4.78 is 19.7. The normalized spacial score (nSPS) is 16.5. The Morgan fingerprint density at radius 2 is 1.88 bits per heavy atom. The number of aliphatic hydroxyl groups is 1. The molecule has 26 heavy (non-hydrogen) atoms. The van der Waals surface area contributed by atoms with Crippen molar-refractivity contribution in [3.05, 3.63) is 59.4 Å². The van der Waals surface area contributed by atoms with Gasteiger partial charge in [0.25, 0.3) is 0 Å². The number of piperazine rings is 1. The van der Waals surface area contributed by atoms with E-state index >= 15 is 0 Å². The molecule has 0 aromatic heterocycles. The molecule has 3 rings (SSSR count). The first kappa shape index (κ1) is 18.7. The second kappa shape index (κ2) is 8.52. The third-order valence-corrected chi connectivity index (χ3v) is 4.96. The number of halogens is 1. The molecule has 0 radical (unpaired) electrons. The highest BCUT2D eigenvalue weighted by Crippen LogP contribution is 2.19. The predicted molar refractivity (Wildman–Crippen MR) is 102 cm³/mol. The number of ether oxygens (including phenoxy) is 1. The first-order valence-electron chi connectivity index (χ1n) is 9.24. The van der Waals surface area contributed by atoms with Gasteiger partial charge >= 0.3 is 0 Å². The Hall–Kier alpha value is -2.11. The van der Waals surface area contributed by atoms with Gasteiger partial charge in [-0.1, -0.05) is 24.3 Å². The topological polar surface area (TPSA) is 37.1 Å². The van der Waals surface area contributed by atoms with E-state index in [4.69, 9.17) is 4.74 Å². The maximum Gasteiger partial charge on any atom is 0.146 e. The van der Waals surface area contributed by atoms with Gasteiger partial charge in [0.2, 0.25) is 0 Å². The Morgan fingerprint density at radius 3 is 2.62 bits per heavy atom. The van der Waals surface area contributed by atoms with Crippen LogP contribution < -0.4 is 14.5 Å². The standard InChI is InChI=1S/C21H27FN2O2/c1-16-7-8-17(2)21(13-16)26-15-18(25)14-23-9-11-24(12-10-23)20-6-4-3-5-19(20)22/h3-8,13,18,25H,9-12,14-15H2,1-2H3/p+1/t18-/m1/s1. The minimum Gasteiger partial charge on any atom is -0.490 e. The zero-order chi connectivity index (χ0) is 18.5. The molecule has 0 aliphatic carbocycles. The van der Waals surface area contributed by atoms with Crippen LogP contribution in [-0.2, 0) is 0 Å². The van der Waals surface area contributed by atoms with Crippen LogP contribution in [0.25, 0.3) is 0 Å². The van der Waals surface area contributed by atoms with E-state index in [-0.39, 0.29) is 5.82 Å². The van der Waals surface area contributed by atoms with Crippen LogP contribution in [-0.4, -0.2) is 50.5 Å². The molecule has 1 aliphatic heterocycles. The summed E-state index contributed by atoms with van der Waals surface area (Å²) in [5.74, 6) is 0.668. The van der Waals surface area contributed by atoms with E-state index < -0.39 is 6.10 Å². The molecular weight excluding hydrogens is 331 g/mol. The van der Waals surface area contributed by atoms with E-state index in [9.17, 15) is 9.50 Å². The monoisotopic (exact) mass is 359 g/mol. The zero-order valence-corrected chi connectivity index (χ0v) is 15.5. The molecule has 0 unspecified atom stereocenters. The zero-order valence-electron chi connectivity index (χ0n) is 15.5. The summed E-state index contributed by atoms with van der Waals surface area (Å²) >= 11 is 0. The Morgan fingerprint density at radius 1 is 1.15 bits per heavy atom. The minimum atomic E-state index is -0.509. The molecular formula is C21H28FN2O2+. The fourth-order valence-electron chi connectivity index (χ4n) is 3.42. The van der Waals surface area contributed by atoms with Crippen molar-refractivity contribution < 1.29 is 19.1 Å². The first-order chi connectivity index (χ1) is 12.5. The van der Waals surface area contributed by atoms with Crippen molar-refractivity contribution in [1.29, 1.82) is 0 Å². The van der Waals surface area contributed by atoms with Crippen molar-refractivity contribution in [2.75, 3.05) is 44.2 Å². The van der Waals surface area contributed by atoms with Gasteiger partial charge in [0.15, 0.2) is 0 Å². The molecule has 5 heteroatoms. The van der Waals surface area contributed by atoms with E-state index in [1.165, 1.54) is 11.0 Å². The molecule has 0 spiro atoms. The number of hydrogen-bond acceptors (Lipinski definition) is 3. The second-order valence-electron chi connectivity index (χ2n) is 7.13. The number of para-hydroxylation sites is 1.